The van der Waals surface area contributed by atoms with E-state index in [2.05, 4.69) is 17.6 Å². The van der Waals surface area contributed by atoms with Gasteiger partial charge in [0.05, 0.1) is 0 Å². The van der Waals surface area contributed by atoms with Crippen LogP contribution in [0.5, 0.6) is 0 Å². The van der Waals surface area contributed by atoms with E-state index in [-0.39, 0.29) is 17.6 Å². The lowest BCUT2D eigenvalue weighted by molar-refractivity contribution is -0.120. The van der Waals surface area contributed by atoms with E-state index in [4.69, 9.17) is 0 Å². The molecule has 2 unspecified atom stereocenters. The zero-order chi connectivity index (χ0) is 13.1. The lowest BCUT2D eigenvalue weighted by atomic mass is 9.92. The average Bonchev–Trinajstić information content (AvgIpc) is 2.27. The number of rotatable bonds is 2. The van der Waals surface area contributed by atoms with E-state index < -0.39 is 0 Å². The summed E-state index contributed by atoms with van der Waals surface area (Å²) in [6.45, 7) is 4.75. The topological polar surface area (TPSA) is 41.1 Å². The molecule has 98 valence electrons. The minimum Gasteiger partial charge on any atom is -0.326 e. The van der Waals surface area contributed by atoms with Gasteiger partial charge in [0.15, 0.2) is 0 Å². The van der Waals surface area contributed by atoms with Crippen molar-refractivity contribution in [2.24, 2.45) is 5.92 Å². The van der Waals surface area contributed by atoms with Gasteiger partial charge in [0, 0.05) is 17.6 Å². The van der Waals surface area contributed by atoms with Crippen LogP contribution < -0.4 is 10.6 Å². The third kappa shape index (κ3) is 3.29. The summed E-state index contributed by atoms with van der Waals surface area (Å²) in [6.07, 6.45) is 1.67. The SMILES string of the molecule is Cc1cc(F)cc(NC(=O)C2CCNC(C)C2)c1. The van der Waals surface area contributed by atoms with Crippen molar-refractivity contribution in [3.8, 4) is 0 Å². The van der Waals surface area contributed by atoms with Crippen molar-refractivity contribution in [3.05, 3.63) is 29.6 Å². The predicted octanol–water partition coefficient (Wildman–Crippen LogP) is 2.46. The molecule has 1 amide bonds. The van der Waals surface area contributed by atoms with Crippen LogP contribution in [-0.2, 0) is 4.79 Å². The van der Waals surface area contributed by atoms with Crippen LogP contribution in [-0.4, -0.2) is 18.5 Å². The smallest absolute Gasteiger partial charge is 0.227 e. The summed E-state index contributed by atoms with van der Waals surface area (Å²) in [6, 6.07) is 4.95. The Bertz CT molecular complexity index is 427. The van der Waals surface area contributed by atoms with Gasteiger partial charge in [-0.25, -0.2) is 4.39 Å². The predicted molar refractivity (Wildman–Crippen MR) is 70.0 cm³/mol. The number of hydrogen-bond donors (Lipinski definition) is 2. The highest BCUT2D eigenvalue weighted by Gasteiger charge is 2.24. The first-order chi connectivity index (χ1) is 8.54. The van der Waals surface area contributed by atoms with E-state index in [0.717, 1.165) is 24.9 Å². The van der Waals surface area contributed by atoms with Crippen molar-refractivity contribution in [3.63, 3.8) is 0 Å². The Morgan fingerprint density at radius 2 is 2.22 bits per heavy atom. The molecule has 4 heteroatoms. The van der Waals surface area contributed by atoms with Crippen LogP contribution in [0.25, 0.3) is 0 Å². The molecular weight excluding hydrogens is 231 g/mol. The van der Waals surface area contributed by atoms with Crippen LogP contribution in [0.4, 0.5) is 10.1 Å². The monoisotopic (exact) mass is 250 g/mol. The second-order valence-electron chi connectivity index (χ2n) is 5.08. The zero-order valence-electron chi connectivity index (χ0n) is 10.8. The van der Waals surface area contributed by atoms with E-state index in [1.54, 1.807) is 6.07 Å². The molecule has 2 rings (SSSR count). The number of anilines is 1. The summed E-state index contributed by atoms with van der Waals surface area (Å²) in [5.41, 5.74) is 1.35. The van der Waals surface area contributed by atoms with Crippen molar-refractivity contribution in [2.75, 3.05) is 11.9 Å². The first-order valence-corrected chi connectivity index (χ1v) is 6.36. The van der Waals surface area contributed by atoms with Gasteiger partial charge in [-0.1, -0.05) is 0 Å². The molecule has 0 radical (unpaired) electrons. The van der Waals surface area contributed by atoms with Gasteiger partial charge in [-0.05, 0) is 57.0 Å². The maximum Gasteiger partial charge on any atom is 0.227 e. The fourth-order valence-corrected chi connectivity index (χ4v) is 2.42. The standard InChI is InChI=1S/C14H19FN2O/c1-9-5-12(15)8-13(6-9)17-14(18)11-3-4-16-10(2)7-11/h5-6,8,10-11,16H,3-4,7H2,1-2H3,(H,17,18). The van der Waals surface area contributed by atoms with Gasteiger partial charge in [-0.15, -0.1) is 0 Å². The Morgan fingerprint density at radius 3 is 2.89 bits per heavy atom. The van der Waals surface area contributed by atoms with Crippen LogP contribution in [0.1, 0.15) is 25.3 Å². The number of piperidine rings is 1. The summed E-state index contributed by atoms with van der Waals surface area (Å²) in [7, 11) is 0. The fourth-order valence-electron chi connectivity index (χ4n) is 2.42. The minimum absolute atomic E-state index is 0.00616. The maximum atomic E-state index is 13.2. The number of halogens is 1. The number of aryl methyl sites for hydroxylation is 1. The lowest BCUT2D eigenvalue weighted by Crippen LogP contribution is -2.40. The van der Waals surface area contributed by atoms with Crippen LogP contribution in [0, 0.1) is 18.7 Å². The second-order valence-corrected chi connectivity index (χ2v) is 5.08. The highest BCUT2D eigenvalue weighted by atomic mass is 19.1. The molecule has 0 aromatic heterocycles. The summed E-state index contributed by atoms with van der Waals surface area (Å²) in [5.74, 6) is -0.304. The third-order valence-electron chi connectivity index (χ3n) is 3.30. The number of nitrogens with one attached hydrogen (secondary N) is 2. The van der Waals surface area contributed by atoms with Gasteiger partial charge in [-0.3, -0.25) is 4.79 Å². The average molecular weight is 250 g/mol. The second kappa shape index (κ2) is 5.48. The summed E-state index contributed by atoms with van der Waals surface area (Å²) >= 11 is 0. The molecule has 1 heterocycles. The number of carbonyl (C=O) groups is 1. The zero-order valence-corrected chi connectivity index (χ0v) is 10.8. The first kappa shape index (κ1) is 13.0. The normalized spacial score (nSPS) is 23.7. The lowest BCUT2D eigenvalue weighted by Gasteiger charge is -2.27. The largest absolute Gasteiger partial charge is 0.326 e. The van der Waals surface area contributed by atoms with Gasteiger partial charge < -0.3 is 10.6 Å². The Kier molecular flexibility index (Phi) is 3.97. The molecule has 18 heavy (non-hydrogen) atoms. The first-order valence-electron chi connectivity index (χ1n) is 6.36. The quantitative estimate of drug-likeness (QED) is 0.846. The summed E-state index contributed by atoms with van der Waals surface area (Å²) in [4.78, 5) is 12.1. The molecule has 0 saturated carbocycles. The molecule has 1 aliphatic rings. The molecule has 1 aromatic carbocycles. The van der Waals surface area contributed by atoms with Crippen LogP contribution in [0.15, 0.2) is 18.2 Å². The molecule has 3 nitrogen and oxygen atoms in total. The molecule has 1 aliphatic heterocycles. The molecule has 0 bridgehead atoms. The fraction of sp³-hybridized carbons (Fsp3) is 0.500. The molecule has 1 fully saturated rings. The van der Waals surface area contributed by atoms with Crippen molar-refractivity contribution < 1.29 is 9.18 Å². The Labute approximate surface area is 107 Å². The van der Waals surface area contributed by atoms with Gasteiger partial charge in [0.2, 0.25) is 5.91 Å². The van der Waals surface area contributed by atoms with E-state index in [9.17, 15) is 9.18 Å². The Morgan fingerprint density at radius 1 is 1.44 bits per heavy atom. The number of benzene rings is 1. The van der Waals surface area contributed by atoms with E-state index in [1.165, 1.54) is 12.1 Å². The highest BCUT2D eigenvalue weighted by molar-refractivity contribution is 5.92. The molecule has 0 aliphatic carbocycles. The number of carbonyl (C=O) groups excluding carboxylic acids is 1. The van der Waals surface area contributed by atoms with Gasteiger partial charge in [0.1, 0.15) is 5.82 Å². The maximum absolute atomic E-state index is 13.2. The van der Waals surface area contributed by atoms with Crippen molar-refractivity contribution >= 4 is 11.6 Å². The van der Waals surface area contributed by atoms with Crippen LogP contribution >= 0.6 is 0 Å². The Balaban J connectivity index is 2.02. The highest BCUT2D eigenvalue weighted by Crippen LogP contribution is 2.19. The molecule has 1 saturated heterocycles. The van der Waals surface area contributed by atoms with Crippen molar-refractivity contribution in [1.82, 2.24) is 5.32 Å². The molecule has 2 N–H and O–H groups in total. The van der Waals surface area contributed by atoms with E-state index >= 15 is 0 Å². The van der Waals surface area contributed by atoms with Gasteiger partial charge in [0.25, 0.3) is 0 Å². The van der Waals surface area contributed by atoms with E-state index in [1.807, 2.05) is 6.92 Å². The third-order valence-corrected chi connectivity index (χ3v) is 3.30. The molecular formula is C14H19FN2O. The van der Waals surface area contributed by atoms with Crippen molar-refractivity contribution in [2.45, 2.75) is 32.7 Å². The van der Waals surface area contributed by atoms with Crippen molar-refractivity contribution in [1.29, 1.82) is 0 Å². The van der Waals surface area contributed by atoms with E-state index in [0.29, 0.717) is 11.7 Å². The van der Waals surface area contributed by atoms with Crippen LogP contribution in [0.2, 0.25) is 0 Å². The number of amides is 1. The summed E-state index contributed by atoms with van der Waals surface area (Å²) < 4.78 is 13.2. The minimum atomic E-state index is -0.316. The molecule has 2 atom stereocenters. The molecule has 1 aromatic rings. The van der Waals surface area contributed by atoms with Gasteiger partial charge >= 0.3 is 0 Å². The number of hydrogen-bond acceptors (Lipinski definition) is 2. The Hall–Kier alpha value is -1.42. The summed E-state index contributed by atoms with van der Waals surface area (Å²) in [5, 5.41) is 6.12. The molecule has 0 spiro atoms. The van der Waals surface area contributed by atoms with Crippen LogP contribution in [0.3, 0.4) is 0 Å². The van der Waals surface area contributed by atoms with Gasteiger partial charge in [-0.2, -0.15) is 0 Å².